The minimum absolute atomic E-state index is 0.151. The van der Waals surface area contributed by atoms with Crippen LogP contribution in [0.25, 0.3) is 0 Å². The maximum atomic E-state index is 13.1. The van der Waals surface area contributed by atoms with Crippen LogP contribution in [0.3, 0.4) is 0 Å². The Morgan fingerprint density at radius 2 is 1.81 bits per heavy atom. The number of amides is 2. The van der Waals surface area contributed by atoms with Crippen molar-refractivity contribution in [2.24, 2.45) is 0 Å². The van der Waals surface area contributed by atoms with Gasteiger partial charge in [-0.3, -0.25) is 14.4 Å². The second kappa shape index (κ2) is 11.9. The van der Waals surface area contributed by atoms with Gasteiger partial charge in [0.15, 0.2) is 0 Å². The smallest absolute Gasteiger partial charge is 0.308 e. The predicted octanol–water partition coefficient (Wildman–Crippen LogP) is 3.33. The van der Waals surface area contributed by atoms with Gasteiger partial charge >= 0.3 is 5.97 Å². The molecule has 1 unspecified atom stereocenters. The molecule has 1 aliphatic rings. The molecule has 1 fully saturated rings. The zero-order valence-corrected chi connectivity index (χ0v) is 18.4. The first kappa shape index (κ1) is 23.3. The van der Waals surface area contributed by atoms with Gasteiger partial charge in [-0.15, -0.1) is 0 Å². The second-order valence-corrected chi connectivity index (χ2v) is 7.74. The van der Waals surface area contributed by atoms with Gasteiger partial charge in [-0.25, -0.2) is 0 Å². The average molecular weight is 439 g/mol. The Morgan fingerprint density at radius 3 is 2.53 bits per heavy atom. The Bertz CT molecular complexity index is 898. The number of nitrogens with one attached hydrogen (secondary N) is 1. The van der Waals surface area contributed by atoms with Crippen LogP contribution in [0.15, 0.2) is 54.6 Å². The molecule has 1 saturated heterocycles. The summed E-state index contributed by atoms with van der Waals surface area (Å²) < 4.78 is 11.0. The highest BCUT2D eigenvalue weighted by Crippen LogP contribution is 2.19. The summed E-state index contributed by atoms with van der Waals surface area (Å²) in [5, 5.41) is 2.73. The number of hydrogen-bond donors (Lipinski definition) is 1. The number of nitrogens with zero attached hydrogens (tertiary/aromatic N) is 1. The van der Waals surface area contributed by atoms with Crippen molar-refractivity contribution in [1.29, 1.82) is 0 Å². The van der Waals surface area contributed by atoms with Crippen molar-refractivity contribution in [2.45, 2.75) is 45.3 Å². The van der Waals surface area contributed by atoms with Crippen LogP contribution in [0.4, 0.5) is 0 Å². The molecule has 170 valence electrons. The number of piperazine rings is 1. The van der Waals surface area contributed by atoms with Crippen molar-refractivity contribution in [1.82, 2.24) is 10.2 Å². The van der Waals surface area contributed by atoms with E-state index in [2.05, 4.69) is 12.2 Å². The van der Waals surface area contributed by atoms with E-state index in [0.29, 0.717) is 37.6 Å². The Balaban J connectivity index is 1.59. The van der Waals surface area contributed by atoms with Crippen LogP contribution in [0, 0.1) is 0 Å². The summed E-state index contributed by atoms with van der Waals surface area (Å²) >= 11 is 0. The highest BCUT2D eigenvalue weighted by Gasteiger charge is 2.35. The fourth-order valence-electron chi connectivity index (χ4n) is 3.52. The molecule has 2 aromatic carbocycles. The van der Waals surface area contributed by atoms with Crippen molar-refractivity contribution >= 4 is 17.8 Å². The van der Waals surface area contributed by atoms with Crippen LogP contribution in [-0.4, -0.2) is 48.4 Å². The van der Waals surface area contributed by atoms with Crippen LogP contribution < -0.4 is 10.1 Å². The third-order valence-corrected chi connectivity index (χ3v) is 5.31. The molecule has 0 aliphatic carbocycles. The van der Waals surface area contributed by atoms with Crippen LogP contribution in [0.5, 0.6) is 5.75 Å². The number of carbonyl (C=O) groups is 3. The fraction of sp³-hybridized carbons (Fsp3) is 0.400. The highest BCUT2D eigenvalue weighted by atomic mass is 16.5. The molecule has 0 radical (unpaired) electrons. The van der Waals surface area contributed by atoms with Crippen molar-refractivity contribution in [3.8, 4) is 5.75 Å². The van der Waals surface area contributed by atoms with Gasteiger partial charge < -0.3 is 19.7 Å². The summed E-state index contributed by atoms with van der Waals surface area (Å²) in [7, 11) is 0. The lowest BCUT2D eigenvalue weighted by molar-refractivity contribution is -0.147. The Morgan fingerprint density at radius 1 is 1.06 bits per heavy atom. The van der Waals surface area contributed by atoms with Crippen molar-refractivity contribution < 1.29 is 23.9 Å². The van der Waals surface area contributed by atoms with Crippen LogP contribution in [0.2, 0.25) is 0 Å². The molecule has 3 rings (SSSR count). The SMILES string of the molecule is CCCCCOC(=O)CC1C(=O)NCCN1C(=O)c1ccc(OCc2ccccc2)cc1. The fourth-order valence-corrected chi connectivity index (χ4v) is 3.52. The van der Waals surface area contributed by atoms with Crippen LogP contribution in [0.1, 0.15) is 48.5 Å². The number of unbranched alkanes of at least 4 members (excludes halogenated alkanes) is 2. The van der Waals surface area contributed by atoms with E-state index in [9.17, 15) is 14.4 Å². The number of benzene rings is 2. The normalized spacial score (nSPS) is 15.7. The number of rotatable bonds is 10. The Kier molecular flexibility index (Phi) is 8.66. The zero-order valence-electron chi connectivity index (χ0n) is 18.4. The van der Waals surface area contributed by atoms with Crippen molar-refractivity contribution in [3.63, 3.8) is 0 Å². The van der Waals surface area contributed by atoms with E-state index in [-0.39, 0.29) is 18.2 Å². The first-order valence-corrected chi connectivity index (χ1v) is 11.1. The van der Waals surface area contributed by atoms with Gasteiger partial charge in [0.1, 0.15) is 18.4 Å². The highest BCUT2D eigenvalue weighted by molar-refractivity contribution is 5.99. The molecule has 7 nitrogen and oxygen atoms in total. The monoisotopic (exact) mass is 438 g/mol. The van der Waals surface area contributed by atoms with E-state index in [1.54, 1.807) is 24.3 Å². The number of esters is 1. The maximum absolute atomic E-state index is 13.1. The van der Waals surface area contributed by atoms with Gasteiger partial charge in [0.05, 0.1) is 13.0 Å². The summed E-state index contributed by atoms with van der Waals surface area (Å²) in [6, 6.07) is 15.8. The zero-order chi connectivity index (χ0) is 22.8. The first-order valence-electron chi connectivity index (χ1n) is 11.1. The minimum Gasteiger partial charge on any atom is -0.489 e. The third kappa shape index (κ3) is 6.57. The minimum atomic E-state index is -0.871. The van der Waals surface area contributed by atoms with Crippen molar-refractivity contribution in [2.75, 3.05) is 19.7 Å². The standard InChI is InChI=1S/C25H30N2O5/c1-2-3-7-16-31-23(28)17-22-24(29)26-14-15-27(22)25(30)20-10-12-21(13-11-20)32-18-19-8-5-4-6-9-19/h4-6,8-13,22H,2-3,7,14-18H2,1H3,(H,26,29). The number of carbonyl (C=O) groups excluding carboxylic acids is 3. The molecule has 2 aromatic rings. The molecule has 7 heteroatoms. The molecule has 0 bridgehead atoms. The second-order valence-electron chi connectivity index (χ2n) is 7.74. The predicted molar refractivity (Wildman–Crippen MR) is 120 cm³/mol. The van der Waals surface area contributed by atoms with E-state index >= 15 is 0 Å². The van der Waals surface area contributed by atoms with Gasteiger partial charge in [-0.2, -0.15) is 0 Å². The summed E-state index contributed by atoms with van der Waals surface area (Å²) in [4.78, 5) is 39.1. The molecule has 0 spiro atoms. The largest absolute Gasteiger partial charge is 0.489 e. The topological polar surface area (TPSA) is 84.9 Å². The quantitative estimate of drug-likeness (QED) is 0.454. The summed E-state index contributed by atoms with van der Waals surface area (Å²) in [6.07, 6.45) is 2.65. The molecule has 0 saturated carbocycles. The van der Waals surface area contributed by atoms with Gasteiger partial charge in [0.25, 0.3) is 5.91 Å². The molecule has 1 N–H and O–H groups in total. The van der Waals surface area contributed by atoms with Crippen LogP contribution in [-0.2, 0) is 20.9 Å². The third-order valence-electron chi connectivity index (χ3n) is 5.31. The molecule has 2 amide bonds. The van der Waals surface area contributed by atoms with Gasteiger partial charge in [-0.05, 0) is 36.2 Å². The maximum Gasteiger partial charge on any atom is 0.308 e. The van der Waals surface area contributed by atoms with E-state index in [1.807, 2.05) is 30.3 Å². The Labute approximate surface area is 188 Å². The first-order chi connectivity index (χ1) is 15.6. The van der Waals surface area contributed by atoms with Gasteiger partial charge in [0, 0.05) is 18.7 Å². The number of hydrogen-bond acceptors (Lipinski definition) is 5. The van der Waals surface area contributed by atoms with E-state index in [1.165, 1.54) is 4.90 Å². The lowest BCUT2D eigenvalue weighted by Crippen LogP contribution is -2.57. The van der Waals surface area contributed by atoms with Gasteiger partial charge in [-0.1, -0.05) is 50.1 Å². The Hall–Kier alpha value is -3.35. The van der Waals surface area contributed by atoms with Crippen molar-refractivity contribution in [3.05, 3.63) is 65.7 Å². The lowest BCUT2D eigenvalue weighted by atomic mass is 10.1. The van der Waals surface area contributed by atoms with E-state index < -0.39 is 12.0 Å². The molecule has 1 aliphatic heterocycles. The molecular weight excluding hydrogens is 408 g/mol. The van der Waals surface area contributed by atoms with Crippen LogP contribution >= 0.6 is 0 Å². The average Bonchev–Trinajstić information content (AvgIpc) is 2.82. The molecular formula is C25H30N2O5. The molecule has 1 atom stereocenters. The number of ether oxygens (including phenoxy) is 2. The molecule has 1 heterocycles. The van der Waals surface area contributed by atoms with E-state index in [4.69, 9.17) is 9.47 Å². The van der Waals surface area contributed by atoms with Gasteiger partial charge in [0.2, 0.25) is 5.91 Å². The summed E-state index contributed by atoms with van der Waals surface area (Å²) in [5.41, 5.74) is 1.49. The molecule has 0 aromatic heterocycles. The molecule has 32 heavy (non-hydrogen) atoms. The van der Waals surface area contributed by atoms with E-state index in [0.717, 1.165) is 24.8 Å². The summed E-state index contributed by atoms with van der Waals surface area (Å²) in [6.45, 7) is 3.53. The summed E-state index contributed by atoms with van der Waals surface area (Å²) in [5.74, 6) is -0.448. The lowest BCUT2D eigenvalue weighted by Gasteiger charge is -2.34.